The Kier molecular flexibility index (Phi) is 3.76. The minimum atomic E-state index is -1.52. The van der Waals surface area contributed by atoms with E-state index in [0.717, 1.165) is 0 Å². The van der Waals surface area contributed by atoms with Crippen LogP contribution in [0, 0.1) is 0 Å². The molecule has 0 atom stereocenters. The van der Waals surface area contributed by atoms with Gasteiger partial charge in [0, 0.05) is 28.8 Å². The van der Waals surface area contributed by atoms with E-state index in [4.69, 9.17) is 9.47 Å². The van der Waals surface area contributed by atoms with Crippen molar-refractivity contribution in [1.29, 1.82) is 0 Å². The summed E-state index contributed by atoms with van der Waals surface area (Å²) in [6, 6.07) is 12.2. The normalized spacial score (nSPS) is 14.8. The van der Waals surface area contributed by atoms with Gasteiger partial charge in [-0.2, -0.15) is 0 Å². The molecule has 0 fully saturated rings. The number of aromatic hydroxyl groups is 2. The molecule has 5 rings (SSSR count). The lowest BCUT2D eigenvalue weighted by Gasteiger charge is -2.37. The van der Waals surface area contributed by atoms with Crippen LogP contribution in [0.3, 0.4) is 0 Å². The average molecular weight is 416 g/mol. The highest BCUT2D eigenvalue weighted by Crippen LogP contribution is 2.57. The maximum Gasteiger partial charge on any atom is 0.340 e. The zero-order valence-electron chi connectivity index (χ0n) is 16.6. The zero-order chi connectivity index (χ0) is 22.1. The van der Waals surface area contributed by atoms with Crippen LogP contribution in [-0.2, 0) is 10.3 Å². The number of phenols is 2. The number of ketones is 2. The minimum Gasteiger partial charge on any atom is -0.507 e. The number of phenolic OH excluding ortho intramolecular Hbond substituents is 2. The Morgan fingerprint density at radius 2 is 1.32 bits per heavy atom. The highest BCUT2D eigenvalue weighted by molar-refractivity contribution is 6.01. The van der Waals surface area contributed by atoms with Crippen molar-refractivity contribution < 1.29 is 34.1 Å². The van der Waals surface area contributed by atoms with Crippen molar-refractivity contribution in [3.05, 3.63) is 81.9 Å². The van der Waals surface area contributed by atoms with Crippen LogP contribution < -0.4 is 4.74 Å². The van der Waals surface area contributed by atoms with Gasteiger partial charge in [0.2, 0.25) is 0 Å². The minimum absolute atomic E-state index is 0.0381. The molecule has 3 aromatic carbocycles. The smallest absolute Gasteiger partial charge is 0.340 e. The van der Waals surface area contributed by atoms with Crippen molar-refractivity contribution in [2.24, 2.45) is 0 Å². The third-order valence-electron chi connectivity index (χ3n) is 5.70. The van der Waals surface area contributed by atoms with E-state index in [-0.39, 0.29) is 45.7 Å². The van der Waals surface area contributed by atoms with Crippen LogP contribution >= 0.6 is 0 Å². The van der Waals surface area contributed by atoms with Gasteiger partial charge in [-0.3, -0.25) is 9.59 Å². The maximum atomic E-state index is 12.8. The monoisotopic (exact) mass is 416 g/mol. The summed E-state index contributed by atoms with van der Waals surface area (Å²) in [5, 5.41) is 20.7. The van der Waals surface area contributed by atoms with Gasteiger partial charge in [-0.15, -0.1) is 0 Å². The Morgan fingerprint density at radius 1 is 0.806 bits per heavy atom. The van der Waals surface area contributed by atoms with E-state index in [9.17, 15) is 24.6 Å². The van der Waals surface area contributed by atoms with Gasteiger partial charge in [0.1, 0.15) is 23.0 Å². The molecule has 0 aliphatic carbocycles. The van der Waals surface area contributed by atoms with Crippen LogP contribution in [-0.4, -0.2) is 27.7 Å². The molecule has 2 heterocycles. The number of benzene rings is 3. The fourth-order valence-electron chi connectivity index (χ4n) is 4.30. The number of fused-ring (bicyclic) bond motifs is 6. The van der Waals surface area contributed by atoms with Crippen LogP contribution in [0.15, 0.2) is 48.5 Å². The molecule has 1 spiro atoms. The highest BCUT2D eigenvalue weighted by atomic mass is 16.6. The molecule has 154 valence electrons. The number of esters is 1. The molecule has 7 nitrogen and oxygen atoms in total. The molecule has 0 amide bonds. The van der Waals surface area contributed by atoms with Crippen molar-refractivity contribution in [2.45, 2.75) is 19.4 Å². The third kappa shape index (κ3) is 2.43. The Hall–Kier alpha value is -4.13. The van der Waals surface area contributed by atoms with Gasteiger partial charge in [0.05, 0.1) is 16.7 Å². The van der Waals surface area contributed by atoms with Gasteiger partial charge < -0.3 is 19.7 Å². The number of hydrogen-bond acceptors (Lipinski definition) is 7. The second-order valence-corrected chi connectivity index (χ2v) is 7.56. The molecule has 31 heavy (non-hydrogen) atoms. The summed E-state index contributed by atoms with van der Waals surface area (Å²) in [4.78, 5) is 37.1. The predicted molar refractivity (Wildman–Crippen MR) is 108 cm³/mol. The second kappa shape index (κ2) is 6.18. The average Bonchev–Trinajstić information content (AvgIpc) is 3.00. The first-order valence-electron chi connectivity index (χ1n) is 9.51. The first-order valence-corrected chi connectivity index (χ1v) is 9.51. The van der Waals surface area contributed by atoms with Gasteiger partial charge in [-0.05, 0) is 32.0 Å². The predicted octanol–water partition coefficient (Wildman–Crippen LogP) is 4.07. The van der Waals surface area contributed by atoms with E-state index < -0.39 is 11.6 Å². The Balaban J connectivity index is 1.93. The fourth-order valence-corrected chi connectivity index (χ4v) is 4.30. The van der Waals surface area contributed by atoms with E-state index in [2.05, 4.69) is 0 Å². The van der Waals surface area contributed by atoms with Crippen molar-refractivity contribution in [1.82, 2.24) is 0 Å². The van der Waals surface area contributed by atoms with E-state index in [1.807, 2.05) is 0 Å². The number of Topliss-reactive ketones (excluding diaryl/α,β-unsaturated/α-hetero) is 2. The summed E-state index contributed by atoms with van der Waals surface area (Å²) in [6.07, 6.45) is 0. The molecule has 0 saturated carbocycles. The lowest BCUT2D eigenvalue weighted by Crippen LogP contribution is -2.33. The molecule has 7 heteroatoms. The molecule has 2 aliphatic rings. The maximum absolute atomic E-state index is 12.8. The number of hydrogen-bond donors (Lipinski definition) is 2. The van der Waals surface area contributed by atoms with Crippen LogP contribution in [0.5, 0.6) is 23.0 Å². The molecular formula is C24H16O7. The molecule has 2 N–H and O–H groups in total. The Labute approximate surface area is 176 Å². The second-order valence-electron chi connectivity index (χ2n) is 7.56. The molecule has 0 saturated heterocycles. The van der Waals surface area contributed by atoms with Crippen LogP contribution in [0.4, 0.5) is 0 Å². The van der Waals surface area contributed by atoms with Crippen molar-refractivity contribution in [3.8, 4) is 23.0 Å². The zero-order valence-corrected chi connectivity index (χ0v) is 16.6. The van der Waals surface area contributed by atoms with Crippen molar-refractivity contribution >= 4 is 17.5 Å². The molecule has 0 radical (unpaired) electrons. The van der Waals surface area contributed by atoms with E-state index >= 15 is 0 Å². The summed E-state index contributed by atoms with van der Waals surface area (Å²) >= 11 is 0. The molecule has 0 unspecified atom stereocenters. The first-order chi connectivity index (χ1) is 14.7. The highest BCUT2D eigenvalue weighted by Gasteiger charge is 2.54. The van der Waals surface area contributed by atoms with Gasteiger partial charge in [0.25, 0.3) is 0 Å². The number of carbonyl (C=O) groups is 3. The quantitative estimate of drug-likeness (QED) is 0.479. The standard InChI is InChI=1S/C24H16O7/c1-11(25)14-7-17-21(9-19(14)27)30-22-10-20(28)15(12(2)26)8-18(22)24(17)16-6-4-3-5-13(16)23(29)31-24/h3-10,27-28H,1-2H3. The number of carbonyl (C=O) groups excluding carboxylic acids is 3. The number of rotatable bonds is 2. The van der Waals surface area contributed by atoms with Gasteiger partial charge in [-0.1, -0.05) is 18.2 Å². The first kappa shape index (κ1) is 18.9. The van der Waals surface area contributed by atoms with Crippen LogP contribution in [0.25, 0.3) is 0 Å². The Bertz CT molecular complexity index is 1270. The van der Waals surface area contributed by atoms with Crippen LogP contribution in [0.2, 0.25) is 0 Å². The summed E-state index contributed by atoms with van der Waals surface area (Å²) in [6.45, 7) is 2.62. The Morgan fingerprint density at radius 3 is 1.84 bits per heavy atom. The SMILES string of the molecule is CC(=O)c1cc2c(cc1O)Oc1cc(O)c(C(C)=O)cc1C21OC(=O)c2ccccc21. The number of ether oxygens (including phenoxy) is 2. The molecule has 3 aromatic rings. The van der Waals surface area contributed by atoms with Crippen molar-refractivity contribution in [2.75, 3.05) is 0 Å². The largest absolute Gasteiger partial charge is 0.507 e. The van der Waals surface area contributed by atoms with Gasteiger partial charge >= 0.3 is 5.97 Å². The lowest BCUT2D eigenvalue weighted by molar-refractivity contribution is 0.0224. The summed E-state index contributed by atoms with van der Waals surface area (Å²) in [7, 11) is 0. The van der Waals surface area contributed by atoms with Gasteiger partial charge in [-0.25, -0.2) is 4.79 Å². The lowest BCUT2D eigenvalue weighted by atomic mass is 9.76. The van der Waals surface area contributed by atoms with E-state index in [1.165, 1.54) is 38.1 Å². The van der Waals surface area contributed by atoms with Gasteiger partial charge in [0.15, 0.2) is 17.2 Å². The van der Waals surface area contributed by atoms with Crippen LogP contribution in [0.1, 0.15) is 61.6 Å². The molecule has 0 aromatic heterocycles. The van der Waals surface area contributed by atoms with Crippen molar-refractivity contribution in [3.63, 3.8) is 0 Å². The molecular weight excluding hydrogens is 400 g/mol. The molecule has 2 aliphatic heterocycles. The van der Waals surface area contributed by atoms with E-state index in [1.54, 1.807) is 24.3 Å². The fraction of sp³-hybridized carbons (Fsp3) is 0.125. The summed E-state index contributed by atoms with van der Waals surface area (Å²) in [5.74, 6) is -1.59. The summed E-state index contributed by atoms with van der Waals surface area (Å²) in [5.41, 5.74) is 0.0598. The van der Waals surface area contributed by atoms with E-state index in [0.29, 0.717) is 22.3 Å². The topological polar surface area (TPSA) is 110 Å². The molecule has 0 bridgehead atoms. The third-order valence-corrected chi connectivity index (χ3v) is 5.70. The summed E-state index contributed by atoms with van der Waals surface area (Å²) < 4.78 is 11.9.